The van der Waals surface area contributed by atoms with Crippen LogP contribution in [-0.4, -0.2) is 46.1 Å². The zero-order chi connectivity index (χ0) is 48.6. The predicted molar refractivity (Wildman–Crippen MR) is 296 cm³/mol. The fraction of sp³-hybridized carbons (Fsp3) is 0.855. The van der Waals surface area contributed by atoms with Gasteiger partial charge in [-0.15, -0.1) is 0 Å². The van der Waals surface area contributed by atoms with Gasteiger partial charge in [0.1, 0.15) is 6.10 Å². The summed E-state index contributed by atoms with van der Waals surface area (Å²) < 4.78 is 0. The summed E-state index contributed by atoms with van der Waals surface area (Å²) in [6, 6.07) is -0.835. The second-order valence-electron chi connectivity index (χ2n) is 20.5. The Bertz CT molecular complexity index is 1080. The first kappa shape index (κ1) is 65.3. The summed E-state index contributed by atoms with van der Waals surface area (Å²) in [7, 11) is 0. The van der Waals surface area contributed by atoms with Crippen LogP contribution in [0.2, 0.25) is 0 Å². The van der Waals surface area contributed by atoms with Crippen LogP contribution < -0.4 is 5.32 Å². The van der Waals surface area contributed by atoms with Crippen molar-refractivity contribution in [2.75, 3.05) is 6.61 Å². The molecule has 0 aromatic rings. The Morgan fingerprint density at radius 2 is 0.657 bits per heavy atom. The van der Waals surface area contributed by atoms with Gasteiger partial charge in [-0.2, -0.15) is 0 Å². The largest absolute Gasteiger partial charge is 0.394 e. The zero-order valence-corrected chi connectivity index (χ0v) is 45.0. The third-order valence-corrected chi connectivity index (χ3v) is 13.9. The van der Waals surface area contributed by atoms with E-state index in [0.717, 1.165) is 51.4 Å². The number of amides is 1. The van der Waals surface area contributed by atoms with Gasteiger partial charge in [-0.05, 0) is 83.5 Å². The summed E-state index contributed by atoms with van der Waals surface area (Å²) in [6.45, 7) is 4.20. The zero-order valence-electron chi connectivity index (χ0n) is 45.0. The Morgan fingerprint density at radius 1 is 0.373 bits per heavy atom. The lowest BCUT2D eigenvalue weighted by Gasteiger charge is -2.26. The van der Waals surface area contributed by atoms with Crippen LogP contribution in [0.15, 0.2) is 48.6 Å². The minimum atomic E-state index is -1.17. The summed E-state index contributed by atoms with van der Waals surface area (Å²) in [6.07, 6.45) is 75.7. The smallest absolute Gasteiger partial charge is 0.220 e. The highest BCUT2D eigenvalue weighted by molar-refractivity contribution is 5.76. The van der Waals surface area contributed by atoms with E-state index in [-0.39, 0.29) is 12.5 Å². The molecule has 0 aliphatic carbocycles. The number of nitrogens with one attached hydrogen (secondary N) is 1. The molecule has 0 fully saturated rings. The SMILES string of the molecule is CCCCCCCCCCC/C=C\C/C=C\CCCCCCCCCCCCCCCC(=O)NC(CO)C(O)C(O)CCC/C=C/CC/C=C/CCCCCCCCCCCCCCCCC. The molecule has 5 nitrogen and oxygen atoms in total. The average molecular weight is 941 g/mol. The van der Waals surface area contributed by atoms with Gasteiger partial charge in [0.2, 0.25) is 5.91 Å². The Labute approximate surface area is 418 Å². The molecule has 0 bridgehead atoms. The van der Waals surface area contributed by atoms with E-state index < -0.39 is 18.2 Å². The molecule has 0 aromatic heterocycles. The first-order valence-corrected chi connectivity index (χ1v) is 29.9. The highest BCUT2D eigenvalue weighted by Gasteiger charge is 2.26. The van der Waals surface area contributed by atoms with Crippen molar-refractivity contribution in [3.05, 3.63) is 48.6 Å². The number of carbonyl (C=O) groups excluding carboxylic acids is 1. The van der Waals surface area contributed by atoms with Crippen LogP contribution in [0, 0.1) is 0 Å². The molecule has 0 spiro atoms. The number of hydrogen-bond donors (Lipinski definition) is 4. The Balaban J connectivity index is 3.59. The van der Waals surface area contributed by atoms with Gasteiger partial charge in [-0.1, -0.05) is 274 Å². The molecule has 0 aliphatic heterocycles. The van der Waals surface area contributed by atoms with Crippen molar-refractivity contribution in [2.24, 2.45) is 0 Å². The topological polar surface area (TPSA) is 89.8 Å². The van der Waals surface area contributed by atoms with Crippen LogP contribution in [-0.2, 0) is 4.79 Å². The minimum absolute atomic E-state index is 0.156. The number of unbranched alkanes of at least 4 members (excludes halogenated alkanes) is 39. The van der Waals surface area contributed by atoms with E-state index in [1.54, 1.807) is 0 Å². The summed E-state index contributed by atoms with van der Waals surface area (Å²) in [5, 5.41) is 33.8. The van der Waals surface area contributed by atoms with Crippen LogP contribution in [0.1, 0.15) is 316 Å². The van der Waals surface area contributed by atoms with E-state index in [9.17, 15) is 20.1 Å². The highest BCUT2D eigenvalue weighted by Crippen LogP contribution is 2.17. The van der Waals surface area contributed by atoms with Crippen molar-refractivity contribution >= 4 is 5.91 Å². The van der Waals surface area contributed by atoms with Crippen LogP contribution in [0.25, 0.3) is 0 Å². The third-order valence-electron chi connectivity index (χ3n) is 13.9. The molecule has 1 amide bonds. The molecule has 394 valence electrons. The maximum Gasteiger partial charge on any atom is 0.220 e. The van der Waals surface area contributed by atoms with Gasteiger partial charge in [0.25, 0.3) is 0 Å². The summed E-state index contributed by atoms with van der Waals surface area (Å²) in [5.74, 6) is -0.156. The van der Waals surface area contributed by atoms with Gasteiger partial charge < -0.3 is 20.6 Å². The van der Waals surface area contributed by atoms with Gasteiger partial charge in [-0.3, -0.25) is 4.79 Å². The molecule has 4 N–H and O–H groups in total. The normalized spacial score (nSPS) is 13.6. The maximum absolute atomic E-state index is 12.5. The summed E-state index contributed by atoms with van der Waals surface area (Å²) in [5.41, 5.74) is 0. The monoisotopic (exact) mass is 940 g/mol. The molecule has 67 heavy (non-hydrogen) atoms. The molecule has 0 radical (unpaired) electrons. The van der Waals surface area contributed by atoms with E-state index in [1.807, 2.05) is 0 Å². The van der Waals surface area contributed by atoms with Gasteiger partial charge >= 0.3 is 0 Å². The number of aliphatic hydroxyl groups is 3. The highest BCUT2D eigenvalue weighted by atomic mass is 16.3. The van der Waals surface area contributed by atoms with Gasteiger partial charge in [0.05, 0.1) is 18.8 Å². The number of rotatable bonds is 55. The second-order valence-corrected chi connectivity index (χ2v) is 20.5. The van der Waals surface area contributed by atoms with Gasteiger partial charge in [0.15, 0.2) is 0 Å². The van der Waals surface area contributed by atoms with Gasteiger partial charge in [-0.25, -0.2) is 0 Å². The van der Waals surface area contributed by atoms with Crippen LogP contribution in [0.3, 0.4) is 0 Å². The molecule has 0 saturated carbocycles. The van der Waals surface area contributed by atoms with Crippen molar-refractivity contribution in [2.45, 2.75) is 334 Å². The summed E-state index contributed by atoms with van der Waals surface area (Å²) >= 11 is 0. The van der Waals surface area contributed by atoms with E-state index >= 15 is 0 Å². The first-order valence-electron chi connectivity index (χ1n) is 29.9. The molecular weight excluding hydrogens is 823 g/mol. The number of carbonyl (C=O) groups is 1. The Hall–Kier alpha value is -1.69. The number of aliphatic hydroxyl groups excluding tert-OH is 3. The van der Waals surface area contributed by atoms with Crippen molar-refractivity contribution in [3.8, 4) is 0 Å². The number of hydrogen-bond acceptors (Lipinski definition) is 4. The van der Waals surface area contributed by atoms with Crippen molar-refractivity contribution < 1.29 is 20.1 Å². The van der Waals surface area contributed by atoms with Crippen LogP contribution in [0.4, 0.5) is 0 Å². The van der Waals surface area contributed by atoms with Crippen LogP contribution in [0.5, 0.6) is 0 Å². The minimum Gasteiger partial charge on any atom is -0.394 e. The van der Waals surface area contributed by atoms with E-state index in [0.29, 0.717) is 12.8 Å². The lowest BCUT2D eigenvalue weighted by molar-refractivity contribution is -0.124. The van der Waals surface area contributed by atoms with E-state index in [2.05, 4.69) is 67.8 Å². The van der Waals surface area contributed by atoms with E-state index in [1.165, 1.54) is 238 Å². The third kappa shape index (κ3) is 52.0. The van der Waals surface area contributed by atoms with Crippen LogP contribution >= 0.6 is 0 Å². The predicted octanol–water partition coefficient (Wildman–Crippen LogP) is 18.8. The fourth-order valence-electron chi connectivity index (χ4n) is 9.27. The molecule has 0 heterocycles. The van der Waals surface area contributed by atoms with Gasteiger partial charge in [0, 0.05) is 6.42 Å². The molecular formula is C62H117NO4. The Morgan fingerprint density at radius 3 is 1.00 bits per heavy atom. The Kier molecular flexibility index (Phi) is 55.5. The fourth-order valence-corrected chi connectivity index (χ4v) is 9.27. The van der Waals surface area contributed by atoms with Crippen molar-refractivity contribution in [3.63, 3.8) is 0 Å². The molecule has 0 aromatic carbocycles. The summed E-state index contributed by atoms with van der Waals surface area (Å²) in [4.78, 5) is 12.5. The quantitative estimate of drug-likeness (QED) is 0.0361. The maximum atomic E-state index is 12.5. The standard InChI is InChI=1S/C62H117NO4/c1-3-5-7-9-11-13-15-17-19-21-23-25-27-29-30-31-32-33-35-37-39-41-43-45-47-49-51-53-55-57-61(66)63-59(58-64)62(67)60(65)56-54-52-50-48-46-44-42-40-38-36-34-28-26-24-22-20-18-16-14-12-10-8-6-4-2/h23,25,29-30,40,42,48,50,59-60,62,64-65,67H,3-22,24,26-28,31-39,41,43-47,49,51-58H2,1-2H3,(H,63,66)/b25-23-,30-29-,42-40+,50-48+. The van der Waals surface area contributed by atoms with Crippen molar-refractivity contribution in [1.82, 2.24) is 5.32 Å². The number of allylic oxidation sites excluding steroid dienone is 8. The van der Waals surface area contributed by atoms with Crippen molar-refractivity contribution in [1.29, 1.82) is 0 Å². The molecule has 0 rings (SSSR count). The van der Waals surface area contributed by atoms with E-state index in [4.69, 9.17) is 0 Å². The average Bonchev–Trinajstić information content (AvgIpc) is 3.33. The lowest BCUT2D eigenvalue weighted by atomic mass is 10.0. The molecule has 0 aliphatic rings. The molecule has 5 heteroatoms. The second kappa shape index (κ2) is 56.9. The molecule has 0 saturated heterocycles. The lowest BCUT2D eigenvalue weighted by Crippen LogP contribution is -2.50. The first-order chi connectivity index (χ1) is 33.1. The molecule has 3 atom stereocenters. The molecule has 3 unspecified atom stereocenters.